The molecule has 18 heavy (non-hydrogen) atoms. The van der Waals surface area contributed by atoms with E-state index in [2.05, 4.69) is 26.2 Å². The highest BCUT2D eigenvalue weighted by molar-refractivity contribution is 9.10. The highest BCUT2D eigenvalue weighted by Crippen LogP contribution is 2.22. The Morgan fingerprint density at radius 1 is 1.17 bits per heavy atom. The van der Waals surface area contributed by atoms with Crippen LogP contribution in [0.3, 0.4) is 0 Å². The summed E-state index contributed by atoms with van der Waals surface area (Å²) >= 11 is 3.45. The van der Waals surface area contributed by atoms with E-state index in [0.29, 0.717) is 6.54 Å². The molecule has 0 saturated carbocycles. The van der Waals surface area contributed by atoms with E-state index in [0.717, 1.165) is 26.8 Å². The second-order valence-corrected chi connectivity index (χ2v) is 4.88. The van der Waals surface area contributed by atoms with Crippen molar-refractivity contribution in [1.82, 2.24) is 15.0 Å². The van der Waals surface area contributed by atoms with Crippen LogP contribution in [-0.4, -0.2) is 15.0 Å². The maximum atomic E-state index is 5.79. The summed E-state index contributed by atoms with van der Waals surface area (Å²) in [5.74, 6) is 0. The molecule has 0 atom stereocenters. The topological polar surface area (TPSA) is 56.7 Å². The number of nitrogens with zero attached hydrogens (tertiary/aromatic N) is 3. The monoisotopic (exact) mass is 302 g/mol. The molecule has 2 aromatic carbocycles. The fourth-order valence-corrected chi connectivity index (χ4v) is 2.38. The quantitative estimate of drug-likeness (QED) is 0.792. The number of nitrogens with two attached hydrogens (primary N) is 1. The fraction of sp³-hybridized carbons (Fsp3) is 0.0769. The number of fused-ring (bicyclic) bond motifs is 1. The minimum absolute atomic E-state index is 0.461. The van der Waals surface area contributed by atoms with Crippen molar-refractivity contribution in [3.05, 3.63) is 52.5 Å². The van der Waals surface area contributed by atoms with Crippen molar-refractivity contribution in [1.29, 1.82) is 0 Å². The van der Waals surface area contributed by atoms with Crippen molar-refractivity contribution in [2.75, 3.05) is 0 Å². The minimum atomic E-state index is 0.461. The van der Waals surface area contributed by atoms with Crippen LogP contribution >= 0.6 is 15.9 Å². The van der Waals surface area contributed by atoms with E-state index in [9.17, 15) is 0 Å². The van der Waals surface area contributed by atoms with Crippen LogP contribution < -0.4 is 5.73 Å². The summed E-state index contributed by atoms with van der Waals surface area (Å²) in [7, 11) is 0. The molecule has 0 spiro atoms. The van der Waals surface area contributed by atoms with Gasteiger partial charge in [-0.25, -0.2) is 4.68 Å². The van der Waals surface area contributed by atoms with Gasteiger partial charge in [0.15, 0.2) is 0 Å². The van der Waals surface area contributed by atoms with Crippen LogP contribution in [0.5, 0.6) is 0 Å². The summed E-state index contributed by atoms with van der Waals surface area (Å²) in [4.78, 5) is 0. The molecule has 5 heteroatoms. The lowest BCUT2D eigenvalue weighted by Gasteiger charge is -2.08. The standard InChI is InChI=1S/C13H11BrN4/c14-10-5-6-12(9(7-10)8-15)18-13-4-2-1-3-11(13)16-17-18/h1-7H,8,15H2. The summed E-state index contributed by atoms with van der Waals surface area (Å²) < 4.78 is 2.83. The van der Waals surface area contributed by atoms with Crippen LogP contribution in [0.25, 0.3) is 16.7 Å². The lowest BCUT2D eigenvalue weighted by molar-refractivity contribution is 0.811. The molecule has 0 saturated heterocycles. The van der Waals surface area contributed by atoms with Crippen molar-refractivity contribution < 1.29 is 0 Å². The third-order valence-electron chi connectivity index (χ3n) is 2.84. The van der Waals surface area contributed by atoms with Crippen molar-refractivity contribution in [3.8, 4) is 5.69 Å². The molecule has 0 bridgehead atoms. The Morgan fingerprint density at radius 2 is 2.00 bits per heavy atom. The van der Waals surface area contributed by atoms with E-state index in [4.69, 9.17) is 5.73 Å². The first-order chi connectivity index (χ1) is 8.79. The number of rotatable bonds is 2. The van der Waals surface area contributed by atoms with Crippen LogP contribution in [0.4, 0.5) is 0 Å². The second-order valence-electron chi connectivity index (χ2n) is 3.97. The molecule has 0 radical (unpaired) electrons. The molecule has 1 aromatic heterocycles. The van der Waals surface area contributed by atoms with E-state index in [1.807, 2.05) is 47.1 Å². The van der Waals surface area contributed by atoms with Crippen LogP contribution in [0.1, 0.15) is 5.56 Å². The third kappa shape index (κ3) is 1.81. The van der Waals surface area contributed by atoms with Crippen LogP contribution in [0.2, 0.25) is 0 Å². The molecule has 3 rings (SSSR count). The fourth-order valence-electron chi connectivity index (χ4n) is 1.97. The van der Waals surface area contributed by atoms with Gasteiger partial charge in [-0.15, -0.1) is 5.10 Å². The zero-order valence-electron chi connectivity index (χ0n) is 9.55. The Bertz CT molecular complexity index is 705. The van der Waals surface area contributed by atoms with Crippen LogP contribution in [-0.2, 0) is 6.54 Å². The first-order valence-electron chi connectivity index (χ1n) is 5.59. The Balaban J connectivity index is 2.26. The van der Waals surface area contributed by atoms with Crippen molar-refractivity contribution >= 4 is 27.0 Å². The summed E-state index contributed by atoms with van der Waals surface area (Å²) in [6.07, 6.45) is 0. The van der Waals surface area contributed by atoms with Gasteiger partial charge in [-0.05, 0) is 35.9 Å². The summed E-state index contributed by atoms with van der Waals surface area (Å²) in [5, 5.41) is 8.35. The lowest BCUT2D eigenvalue weighted by atomic mass is 10.2. The molecule has 2 N–H and O–H groups in total. The largest absolute Gasteiger partial charge is 0.326 e. The maximum absolute atomic E-state index is 5.79. The van der Waals surface area contributed by atoms with E-state index in [1.165, 1.54) is 0 Å². The van der Waals surface area contributed by atoms with Crippen LogP contribution in [0, 0.1) is 0 Å². The Labute approximate surface area is 113 Å². The van der Waals surface area contributed by atoms with E-state index < -0.39 is 0 Å². The molecular weight excluding hydrogens is 292 g/mol. The molecule has 0 aliphatic heterocycles. The first-order valence-corrected chi connectivity index (χ1v) is 6.38. The molecule has 0 unspecified atom stereocenters. The summed E-state index contributed by atoms with van der Waals surface area (Å²) in [5.41, 5.74) is 9.64. The number of aromatic nitrogens is 3. The van der Waals surface area contributed by atoms with Crippen LogP contribution in [0.15, 0.2) is 46.9 Å². The van der Waals surface area contributed by atoms with Crippen molar-refractivity contribution in [3.63, 3.8) is 0 Å². The average molecular weight is 303 g/mol. The van der Waals surface area contributed by atoms with E-state index in [1.54, 1.807) is 0 Å². The lowest BCUT2D eigenvalue weighted by Crippen LogP contribution is -2.05. The van der Waals surface area contributed by atoms with Gasteiger partial charge in [-0.2, -0.15) is 0 Å². The number of hydrogen-bond acceptors (Lipinski definition) is 3. The molecule has 0 aliphatic carbocycles. The molecule has 1 heterocycles. The molecular formula is C13H11BrN4. The average Bonchev–Trinajstić information content (AvgIpc) is 2.82. The zero-order chi connectivity index (χ0) is 12.5. The van der Waals surface area contributed by atoms with Gasteiger partial charge in [-0.3, -0.25) is 0 Å². The van der Waals surface area contributed by atoms with Gasteiger partial charge < -0.3 is 5.73 Å². The molecule has 90 valence electrons. The van der Waals surface area contributed by atoms with E-state index >= 15 is 0 Å². The molecule has 3 aromatic rings. The summed E-state index contributed by atoms with van der Waals surface area (Å²) in [6.45, 7) is 0.461. The van der Waals surface area contributed by atoms with Gasteiger partial charge >= 0.3 is 0 Å². The maximum Gasteiger partial charge on any atom is 0.113 e. The molecule has 0 aliphatic rings. The minimum Gasteiger partial charge on any atom is -0.326 e. The van der Waals surface area contributed by atoms with Gasteiger partial charge in [0.1, 0.15) is 5.52 Å². The zero-order valence-corrected chi connectivity index (χ0v) is 11.1. The van der Waals surface area contributed by atoms with Gasteiger partial charge in [0, 0.05) is 11.0 Å². The van der Waals surface area contributed by atoms with Gasteiger partial charge in [0.2, 0.25) is 0 Å². The Morgan fingerprint density at radius 3 is 2.83 bits per heavy atom. The van der Waals surface area contributed by atoms with Gasteiger partial charge in [-0.1, -0.05) is 33.3 Å². The predicted octanol–water partition coefficient (Wildman–Crippen LogP) is 2.64. The summed E-state index contributed by atoms with van der Waals surface area (Å²) in [6, 6.07) is 13.8. The number of para-hydroxylation sites is 1. The normalized spacial score (nSPS) is 11.0. The third-order valence-corrected chi connectivity index (χ3v) is 3.33. The molecule has 0 amide bonds. The molecule has 4 nitrogen and oxygen atoms in total. The Hall–Kier alpha value is -1.72. The Kier molecular flexibility index (Phi) is 2.85. The smallest absolute Gasteiger partial charge is 0.113 e. The highest BCUT2D eigenvalue weighted by Gasteiger charge is 2.09. The van der Waals surface area contributed by atoms with Gasteiger partial charge in [0.25, 0.3) is 0 Å². The SMILES string of the molecule is NCc1cc(Br)ccc1-n1nnc2ccccc21. The predicted molar refractivity (Wildman–Crippen MR) is 74.5 cm³/mol. The van der Waals surface area contributed by atoms with Crippen molar-refractivity contribution in [2.24, 2.45) is 5.73 Å². The van der Waals surface area contributed by atoms with Crippen molar-refractivity contribution in [2.45, 2.75) is 6.54 Å². The van der Waals surface area contributed by atoms with E-state index in [-0.39, 0.29) is 0 Å². The number of hydrogen-bond donors (Lipinski definition) is 1. The second kappa shape index (κ2) is 4.51. The molecule has 0 fully saturated rings. The highest BCUT2D eigenvalue weighted by atomic mass is 79.9. The van der Waals surface area contributed by atoms with Gasteiger partial charge in [0.05, 0.1) is 11.2 Å². The first kappa shape index (κ1) is 11.4. The number of halogens is 1. The number of benzene rings is 2.